The Labute approximate surface area is 134 Å². The van der Waals surface area contributed by atoms with Gasteiger partial charge in [-0.2, -0.15) is 14.6 Å². The summed E-state index contributed by atoms with van der Waals surface area (Å²) < 4.78 is 6.42. The molecule has 8 heteroatoms. The molecule has 1 N–H and O–H groups in total. The number of nitrogens with one attached hydrogen (secondary N) is 1. The molecule has 1 aromatic carbocycles. The van der Waals surface area contributed by atoms with Crippen LogP contribution in [-0.4, -0.2) is 24.7 Å². The first kappa shape index (κ1) is 13.7. The summed E-state index contributed by atoms with van der Waals surface area (Å²) in [5, 5.41) is 8.47. The summed E-state index contributed by atoms with van der Waals surface area (Å²) in [5.74, 6) is 0.817. The summed E-state index contributed by atoms with van der Waals surface area (Å²) in [5.41, 5.74) is 2.29. The van der Waals surface area contributed by atoms with Gasteiger partial charge >= 0.3 is 0 Å². The van der Waals surface area contributed by atoms with Gasteiger partial charge in [0, 0.05) is 11.1 Å². The van der Waals surface area contributed by atoms with E-state index in [-0.39, 0.29) is 5.56 Å². The third-order valence-corrected chi connectivity index (χ3v) is 3.66. The number of halogens is 1. The third kappa shape index (κ3) is 2.31. The van der Waals surface area contributed by atoms with Crippen LogP contribution >= 0.6 is 11.6 Å². The fourth-order valence-electron chi connectivity index (χ4n) is 2.33. The number of rotatable bonds is 2. The zero-order valence-electron chi connectivity index (χ0n) is 11.9. The van der Waals surface area contributed by atoms with Crippen molar-refractivity contribution in [1.82, 2.24) is 24.7 Å². The molecule has 0 atom stereocenters. The van der Waals surface area contributed by atoms with Gasteiger partial charge in [-0.15, -0.1) is 0 Å². The van der Waals surface area contributed by atoms with Crippen molar-refractivity contribution < 1.29 is 4.52 Å². The third-order valence-electron chi connectivity index (χ3n) is 3.41. The quantitative estimate of drug-likeness (QED) is 0.611. The highest BCUT2D eigenvalue weighted by molar-refractivity contribution is 6.30. The molecule has 0 saturated heterocycles. The SMILES string of the molecule is Cc1noc(-c2cnn3c(=O)cc(-c4ccc(Cl)cc4)[nH]c23)n1. The Balaban J connectivity index is 1.95. The second-order valence-electron chi connectivity index (χ2n) is 4.99. The first-order chi connectivity index (χ1) is 11.1. The highest BCUT2D eigenvalue weighted by Crippen LogP contribution is 2.24. The Kier molecular flexibility index (Phi) is 3.02. The summed E-state index contributed by atoms with van der Waals surface area (Å²) in [7, 11) is 0. The summed E-state index contributed by atoms with van der Waals surface area (Å²) in [6.07, 6.45) is 1.52. The molecule has 0 bridgehead atoms. The van der Waals surface area contributed by atoms with Gasteiger partial charge in [0.15, 0.2) is 11.5 Å². The average molecular weight is 328 g/mol. The van der Waals surface area contributed by atoms with Crippen LogP contribution in [0.15, 0.2) is 45.8 Å². The molecule has 0 amide bonds. The molecule has 7 nitrogen and oxygen atoms in total. The van der Waals surface area contributed by atoms with Gasteiger partial charge in [-0.25, -0.2) is 0 Å². The maximum absolute atomic E-state index is 12.3. The number of aromatic nitrogens is 5. The molecule has 4 aromatic rings. The Morgan fingerprint density at radius 3 is 2.74 bits per heavy atom. The topological polar surface area (TPSA) is 89.1 Å². The second-order valence-corrected chi connectivity index (χ2v) is 5.43. The summed E-state index contributed by atoms with van der Waals surface area (Å²) in [4.78, 5) is 19.6. The molecular formula is C15H10ClN5O2. The zero-order valence-corrected chi connectivity index (χ0v) is 12.7. The minimum atomic E-state index is -0.258. The minimum absolute atomic E-state index is 0.258. The van der Waals surface area contributed by atoms with Crippen molar-refractivity contribution in [3.8, 4) is 22.7 Å². The van der Waals surface area contributed by atoms with Gasteiger partial charge in [0.25, 0.3) is 11.4 Å². The number of aryl methyl sites for hydroxylation is 1. The van der Waals surface area contributed by atoms with Gasteiger partial charge in [0.1, 0.15) is 5.56 Å². The van der Waals surface area contributed by atoms with Crippen molar-refractivity contribution in [2.45, 2.75) is 6.92 Å². The van der Waals surface area contributed by atoms with Crippen LogP contribution in [0.4, 0.5) is 0 Å². The fraction of sp³-hybridized carbons (Fsp3) is 0.0667. The Morgan fingerprint density at radius 2 is 2.04 bits per heavy atom. The predicted octanol–water partition coefficient (Wildman–Crippen LogP) is 2.70. The van der Waals surface area contributed by atoms with E-state index < -0.39 is 0 Å². The van der Waals surface area contributed by atoms with Crippen LogP contribution in [0.3, 0.4) is 0 Å². The molecule has 4 rings (SSSR count). The van der Waals surface area contributed by atoms with E-state index in [2.05, 4.69) is 20.2 Å². The Morgan fingerprint density at radius 1 is 1.26 bits per heavy atom. The number of hydrogen-bond donors (Lipinski definition) is 1. The van der Waals surface area contributed by atoms with E-state index in [1.807, 2.05) is 12.1 Å². The molecule has 3 heterocycles. The first-order valence-corrected chi connectivity index (χ1v) is 7.17. The lowest BCUT2D eigenvalue weighted by molar-refractivity contribution is 0.426. The highest BCUT2D eigenvalue weighted by Gasteiger charge is 2.16. The lowest BCUT2D eigenvalue weighted by atomic mass is 10.1. The molecule has 0 unspecified atom stereocenters. The van der Waals surface area contributed by atoms with Gasteiger partial charge in [-0.05, 0) is 24.6 Å². The monoisotopic (exact) mass is 327 g/mol. The van der Waals surface area contributed by atoms with Crippen LogP contribution in [0, 0.1) is 6.92 Å². The van der Waals surface area contributed by atoms with E-state index in [0.29, 0.717) is 33.6 Å². The smallest absolute Gasteiger partial charge is 0.274 e. The second kappa shape index (κ2) is 5.06. The largest absolute Gasteiger partial charge is 0.339 e. The molecule has 23 heavy (non-hydrogen) atoms. The van der Waals surface area contributed by atoms with E-state index >= 15 is 0 Å². The molecule has 0 spiro atoms. The van der Waals surface area contributed by atoms with Gasteiger partial charge in [-0.1, -0.05) is 28.9 Å². The van der Waals surface area contributed by atoms with Crippen molar-refractivity contribution in [3.63, 3.8) is 0 Å². The van der Waals surface area contributed by atoms with Crippen LogP contribution in [0.2, 0.25) is 5.02 Å². The van der Waals surface area contributed by atoms with E-state index in [9.17, 15) is 4.79 Å². The van der Waals surface area contributed by atoms with Gasteiger partial charge in [0.05, 0.1) is 11.9 Å². The Bertz CT molecular complexity index is 1060. The van der Waals surface area contributed by atoms with Crippen LogP contribution in [-0.2, 0) is 0 Å². The molecule has 0 fully saturated rings. The van der Waals surface area contributed by atoms with Gasteiger partial charge < -0.3 is 9.51 Å². The van der Waals surface area contributed by atoms with Crippen LogP contribution in [0.5, 0.6) is 0 Å². The summed E-state index contributed by atoms with van der Waals surface area (Å²) >= 11 is 5.90. The molecule has 114 valence electrons. The summed E-state index contributed by atoms with van der Waals surface area (Å²) in [6.45, 7) is 1.72. The van der Waals surface area contributed by atoms with Crippen molar-refractivity contribution in [2.24, 2.45) is 0 Å². The molecule has 0 aliphatic rings. The number of nitrogens with zero attached hydrogens (tertiary/aromatic N) is 4. The van der Waals surface area contributed by atoms with Crippen molar-refractivity contribution in [2.75, 3.05) is 0 Å². The molecule has 0 aliphatic heterocycles. The van der Waals surface area contributed by atoms with E-state index in [4.69, 9.17) is 16.1 Å². The lowest BCUT2D eigenvalue weighted by Gasteiger charge is -2.03. The zero-order chi connectivity index (χ0) is 16.0. The highest BCUT2D eigenvalue weighted by atomic mass is 35.5. The van der Waals surface area contributed by atoms with Crippen molar-refractivity contribution >= 4 is 17.2 Å². The number of benzene rings is 1. The fourth-order valence-corrected chi connectivity index (χ4v) is 2.46. The first-order valence-electron chi connectivity index (χ1n) is 6.79. The van der Waals surface area contributed by atoms with Crippen LogP contribution < -0.4 is 5.56 Å². The standard InChI is InChI=1S/C15H10ClN5O2/c1-8-18-15(23-20-8)11-7-17-21-13(22)6-12(19-14(11)21)9-2-4-10(16)5-3-9/h2-7,19H,1H3. The molecule has 0 saturated carbocycles. The average Bonchev–Trinajstić information content (AvgIpc) is 3.14. The van der Waals surface area contributed by atoms with Gasteiger partial charge in [-0.3, -0.25) is 4.79 Å². The molecular weight excluding hydrogens is 318 g/mol. The van der Waals surface area contributed by atoms with E-state index in [1.165, 1.54) is 16.8 Å². The van der Waals surface area contributed by atoms with E-state index in [1.54, 1.807) is 19.1 Å². The molecule has 0 radical (unpaired) electrons. The number of fused-ring (bicyclic) bond motifs is 1. The van der Waals surface area contributed by atoms with Crippen LogP contribution in [0.25, 0.3) is 28.4 Å². The van der Waals surface area contributed by atoms with Crippen LogP contribution in [0.1, 0.15) is 5.82 Å². The van der Waals surface area contributed by atoms with E-state index in [0.717, 1.165) is 5.56 Å². The number of hydrogen-bond acceptors (Lipinski definition) is 5. The maximum atomic E-state index is 12.3. The van der Waals surface area contributed by atoms with Gasteiger partial charge in [0.2, 0.25) is 0 Å². The number of aromatic amines is 1. The minimum Gasteiger partial charge on any atom is -0.339 e. The van der Waals surface area contributed by atoms with Crippen molar-refractivity contribution in [3.05, 3.63) is 57.7 Å². The number of H-pyrrole nitrogens is 1. The molecule has 0 aliphatic carbocycles. The predicted molar refractivity (Wildman–Crippen MR) is 84.3 cm³/mol. The van der Waals surface area contributed by atoms with Crippen molar-refractivity contribution in [1.29, 1.82) is 0 Å². The molecule has 3 aromatic heterocycles. The maximum Gasteiger partial charge on any atom is 0.274 e. The summed E-state index contributed by atoms with van der Waals surface area (Å²) in [6, 6.07) is 8.66. The Hall–Kier alpha value is -2.93. The normalized spacial score (nSPS) is 11.2. The lowest BCUT2D eigenvalue weighted by Crippen LogP contribution is -2.14.